The van der Waals surface area contributed by atoms with Crippen molar-refractivity contribution in [2.24, 2.45) is 0 Å². The van der Waals surface area contributed by atoms with E-state index in [-0.39, 0.29) is 11.8 Å². The van der Waals surface area contributed by atoms with E-state index in [9.17, 15) is 9.59 Å². The van der Waals surface area contributed by atoms with Crippen molar-refractivity contribution in [2.45, 2.75) is 37.8 Å². The third-order valence-corrected chi connectivity index (χ3v) is 6.00. The van der Waals surface area contributed by atoms with Crippen LogP contribution < -0.4 is 5.32 Å². The fraction of sp³-hybridized carbons (Fsp3) is 0.381. The van der Waals surface area contributed by atoms with Gasteiger partial charge >= 0.3 is 0 Å². The first-order valence-electron chi connectivity index (χ1n) is 9.98. The van der Waals surface area contributed by atoms with E-state index in [1.807, 2.05) is 22.8 Å². The summed E-state index contributed by atoms with van der Waals surface area (Å²) in [6.07, 6.45) is 8.44. The molecule has 5 rings (SSSR count). The first-order chi connectivity index (χ1) is 14.2. The lowest BCUT2D eigenvalue weighted by molar-refractivity contribution is -0.134. The molecule has 29 heavy (non-hydrogen) atoms. The SMILES string of the molecule is O=C(c1cnc2c(c1)ncn2Cc1ccccn1)N1CCNC(=O)C12CCCC2. The quantitative estimate of drug-likeness (QED) is 0.736. The zero-order valence-corrected chi connectivity index (χ0v) is 16.0. The Hall–Kier alpha value is -3.29. The number of carbonyl (C=O) groups is 2. The van der Waals surface area contributed by atoms with Crippen molar-refractivity contribution in [1.82, 2.24) is 29.7 Å². The lowest BCUT2D eigenvalue weighted by atomic mass is 9.91. The van der Waals surface area contributed by atoms with Crippen LogP contribution in [0.15, 0.2) is 43.0 Å². The average Bonchev–Trinajstić information content (AvgIpc) is 3.39. The van der Waals surface area contributed by atoms with E-state index in [4.69, 9.17) is 0 Å². The van der Waals surface area contributed by atoms with E-state index in [1.165, 1.54) is 0 Å². The summed E-state index contributed by atoms with van der Waals surface area (Å²) in [5.74, 6) is -0.168. The number of nitrogens with one attached hydrogen (secondary N) is 1. The van der Waals surface area contributed by atoms with Gasteiger partial charge in [0.1, 0.15) is 11.1 Å². The summed E-state index contributed by atoms with van der Waals surface area (Å²) in [5, 5.41) is 2.94. The van der Waals surface area contributed by atoms with Gasteiger partial charge in [-0.25, -0.2) is 9.97 Å². The molecule has 1 saturated heterocycles. The van der Waals surface area contributed by atoms with Crippen molar-refractivity contribution >= 4 is 23.0 Å². The fourth-order valence-electron chi connectivity index (χ4n) is 4.54. The number of nitrogens with zero attached hydrogens (tertiary/aromatic N) is 5. The summed E-state index contributed by atoms with van der Waals surface area (Å²) in [6.45, 7) is 1.57. The Morgan fingerprint density at radius 1 is 1.17 bits per heavy atom. The van der Waals surface area contributed by atoms with E-state index in [0.717, 1.165) is 31.4 Å². The largest absolute Gasteiger partial charge is 0.352 e. The van der Waals surface area contributed by atoms with Gasteiger partial charge in [0.25, 0.3) is 5.91 Å². The molecule has 3 aromatic rings. The molecule has 1 aliphatic carbocycles. The Balaban J connectivity index is 1.44. The highest BCUT2D eigenvalue weighted by molar-refractivity contribution is 6.01. The molecule has 3 aromatic heterocycles. The van der Waals surface area contributed by atoms with Gasteiger partial charge in [0, 0.05) is 25.5 Å². The maximum absolute atomic E-state index is 13.3. The number of carbonyl (C=O) groups excluding carboxylic acids is 2. The molecule has 1 N–H and O–H groups in total. The number of rotatable bonds is 3. The molecule has 0 bridgehead atoms. The van der Waals surface area contributed by atoms with Gasteiger partial charge in [0.15, 0.2) is 5.65 Å². The number of fused-ring (bicyclic) bond motifs is 1. The number of pyridine rings is 2. The summed E-state index contributed by atoms with van der Waals surface area (Å²) in [5.41, 5.74) is 2.05. The third kappa shape index (κ3) is 2.95. The smallest absolute Gasteiger partial charge is 0.256 e. The van der Waals surface area contributed by atoms with Crippen LogP contribution in [0.5, 0.6) is 0 Å². The van der Waals surface area contributed by atoms with E-state index in [0.29, 0.717) is 36.4 Å². The van der Waals surface area contributed by atoms with Gasteiger partial charge in [-0.2, -0.15) is 0 Å². The first-order valence-corrected chi connectivity index (χ1v) is 9.98. The van der Waals surface area contributed by atoms with Gasteiger partial charge in [-0.3, -0.25) is 14.6 Å². The first kappa shape index (κ1) is 17.8. The van der Waals surface area contributed by atoms with Crippen molar-refractivity contribution in [1.29, 1.82) is 0 Å². The minimum absolute atomic E-state index is 0.0247. The maximum atomic E-state index is 13.3. The summed E-state index contributed by atoms with van der Waals surface area (Å²) in [6, 6.07) is 7.55. The number of hydrogen-bond acceptors (Lipinski definition) is 5. The number of hydrogen-bond donors (Lipinski definition) is 1. The Morgan fingerprint density at radius 2 is 2.03 bits per heavy atom. The van der Waals surface area contributed by atoms with Crippen LogP contribution in [0.4, 0.5) is 0 Å². The zero-order valence-electron chi connectivity index (χ0n) is 16.0. The van der Waals surface area contributed by atoms with Crippen molar-refractivity contribution < 1.29 is 9.59 Å². The van der Waals surface area contributed by atoms with E-state index in [1.54, 1.807) is 29.7 Å². The van der Waals surface area contributed by atoms with Gasteiger partial charge in [0.2, 0.25) is 5.91 Å². The zero-order chi connectivity index (χ0) is 19.8. The van der Waals surface area contributed by atoms with Gasteiger partial charge in [-0.1, -0.05) is 18.9 Å². The molecule has 0 atom stereocenters. The summed E-state index contributed by atoms with van der Waals surface area (Å²) >= 11 is 0. The number of amides is 2. The van der Waals surface area contributed by atoms with Crippen LogP contribution in [0.2, 0.25) is 0 Å². The minimum atomic E-state index is -0.706. The lowest BCUT2D eigenvalue weighted by Crippen LogP contribution is -2.65. The van der Waals surface area contributed by atoms with E-state index >= 15 is 0 Å². The van der Waals surface area contributed by atoms with Crippen LogP contribution in [0.1, 0.15) is 41.7 Å². The Labute approximate surface area is 168 Å². The molecule has 1 spiro atoms. The molecule has 0 unspecified atom stereocenters. The van der Waals surface area contributed by atoms with Crippen LogP contribution in [-0.2, 0) is 11.3 Å². The predicted molar refractivity (Wildman–Crippen MR) is 106 cm³/mol. The van der Waals surface area contributed by atoms with Crippen LogP contribution in [0, 0.1) is 0 Å². The molecule has 4 heterocycles. The molecule has 1 aliphatic heterocycles. The second kappa shape index (κ2) is 6.95. The Kier molecular flexibility index (Phi) is 4.26. The standard InChI is InChI=1S/C21H22N6O2/c28-19(27-10-9-23-20(29)21(27)6-2-3-7-21)15-11-17-18(24-12-15)26(14-25-17)13-16-5-1-4-8-22-16/h1,4-5,8,11-12,14H,2-3,6-7,9-10,13H2,(H,23,29). The highest BCUT2D eigenvalue weighted by atomic mass is 16.2. The number of piperazine rings is 1. The second-order valence-electron chi connectivity index (χ2n) is 7.71. The van der Waals surface area contributed by atoms with Crippen molar-refractivity contribution in [3.05, 3.63) is 54.2 Å². The molecule has 148 valence electrons. The molecule has 2 fully saturated rings. The van der Waals surface area contributed by atoms with Crippen LogP contribution in [-0.4, -0.2) is 54.9 Å². The average molecular weight is 390 g/mol. The molecule has 8 heteroatoms. The molecule has 0 aromatic carbocycles. The monoisotopic (exact) mass is 390 g/mol. The molecule has 2 aliphatic rings. The molecule has 0 radical (unpaired) electrons. The lowest BCUT2D eigenvalue weighted by Gasteiger charge is -2.43. The highest BCUT2D eigenvalue weighted by Gasteiger charge is 2.50. The second-order valence-corrected chi connectivity index (χ2v) is 7.71. The van der Waals surface area contributed by atoms with Crippen molar-refractivity contribution in [3.63, 3.8) is 0 Å². The Bertz CT molecular complexity index is 1070. The number of imidazole rings is 1. The van der Waals surface area contributed by atoms with Crippen LogP contribution in [0.25, 0.3) is 11.2 Å². The number of aromatic nitrogens is 4. The topological polar surface area (TPSA) is 93.0 Å². The van der Waals surface area contributed by atoms with Gasteiger partial charge in [-0.15, -0.1) is 0 Å². The predicted octanol–water partition coefficient (Wildman–Crippen LogP) is 1.76. The fourth-order valence-corrected chi connectivity index (χ4v) is 4.54. The third-order valence-electron chi connectivity index (χ3n) is 6.00. The minimum Gasteiger partial charge on any atom is -0.352 e. The normalized spacial score (nSPS) is 18.3. The van der Waals surface area contributed by atoms with Gasteiger partial charge < -0.3 is 14.8 Å². The van der Waals surface area contributed by atoms with Crippen LogP contribution in [0.3, 0.4) is 0 Å². The van der Waals surface area contributed by atoms with E-state index in [2.05, 4.69) is 20.3 Å². The summed E-state index contributed by atoms with van der Waals surface area (Å²) in [4.78, 5) is 41.0. The summed E-state index contributed by atoms with van der Waals surface area (Å²) < 4.78 is 1.92. The molecule has 1 saturated carbocycles. The molecular formula is C21H22N6O2. The van der Waals surface area contributed by atoms with Gasteiger partial charge in [-0.05, 0) is 31.0 Å². The van der Waals surface area contributed by atoms with Crippen molar-refractivity contribution in [2.75, 3.05) is 13.1 Å². The molecular weight excluding hydrogens is 368 g/mol. The summed E-state index contributed by atoms with van der Waals surface area (Å²) in [7, 11) is 0. The molecule has 8 nitrogen and oxygen atoms in total. The highest BCUT2D eigenvalue weighted by Crippen LogP contribution is 2.37. The van der Waals surface area contributed by atoms with Crippen LogP contribution >= 0.6 is 0 Å². The maximum Gasteiger partial charge on any atom is 0.256 e. The molecule has 2 amide bonds. The van der Waals surface area contributed by atoms with Crippen molar-refractivity contribution in [3.8, 4) is 0 Å². The van der Waals surface area contributed by atoms with E-state index < -0.39 is 5.54 Å². The Morgan fingerprint density at radius 3 is 2.83 bits per heavy atom. The van der Waals surface area contributed by atoms with Gasteiger partial charge in [0.05, 0.1) is 24.1 Å².